The number of guanidine groups is 1. The van der Waals surface area contributed by atoms with Crippen molar-refractivity contribution in [2.75, 3.05) is 13.6 Å². The van der Waals surface area contributed by atoms with E-state index in [-0.39, 0.29) is 5.91 Å². The summed E-state index contributed by atoms with van der Waals surface area (Å²) < 4.78 is 0. The number of rotatable bonds is 8. The van der Waals surface area contributed by atoms with Crippen molar-refractivity contribution in [1.82, 2.24) is 16.0 Å². The van der Waals surface area contributed by atoms with Gasteiger partial charge in [0.15, 0.2) is 5.96 Å². The van der Waals surface area contributed by atoms with Crippen LogP contribution in [-0.2, 0) is 13.0 Å². The Kier molecular flexibility index (Phi) is 8.36. The van der Waals surface area contributed by atoms with E-state index in [1.807, 2.05) is 37.3 Å². The molecule has 27 heavy (non-hydrogen) atoms. The highest BCUT2D eigenvalue weighted by Gasteiger charge is 2.07. The van der Waals surface area contributed by atoms with E-state index in [4.69, 9.17) is 0 Å². The van der Waals surface area contributed by atoms with Gasteiger partial charge in [-0.25, -0.2) is 0 Å². The maximum absolute atomic E-state index is 11.8. The van der Waals surface area contributed by atoms with Gasteiger partial charge in [0.1, 0.15) is 0 Å². The van der Waals surface area contributed by atoms with Crippen LogP contribution in [-0.4, -0.2) is 31.5 Å². The molecule has 0 aliphatic carbocycles. The first-order valence-corrected chi connectivity index (χ1v) is 9.50. The van der Waals surface area contributed by atoms with E-state index in [0.29, 0.717) is 24.7 Å². The molecule has 5 heteroatoms. The molecular weight excluding hydrogens is 336 g/mol. The molecule has 2 aromatic carbocycles. The molecule has 0 saturated heterocycles. The summed E-state index contributed by atoms with van der Waals surface area (Å²) in [6.45, 7) is 5.36. The predicted octanol–water partition coefficient (Wildman–Crippen LogP) is 3.12. The summed E-state index contributed by atoms with van der Waals surface area (Å²) in [4.78, 5) is 16.1. The molecule has 1 unspecified atom stereocenters. The van der Waals surface area contributed by atoms with Gasteiger partial charge in [-0.3, -0.25) is 9.79 Å². The Morgan fingerprint density at radius 3 is 2.33 bits per heavy atom. The van der Waals surface area contributed by atoms with Crippen LogP contribution in [0.3, 0.4) is 0 Å². The van der Waals surface area contributed by atoms with Gasteiger partial charge in [-0.2, -0.15) is 0 Å². The molecule has 0 bridgehead atoms. The Morgan fingerprint density at radius 2 is 1.70 bits per heavy atom. The topological polar surface area (TPSA) is 65.5 Å². The lowest BCUT2D eigenvalue weighted by Gasteiger charge is -2.18. The molecule has 1 amide bonds. The summed E-state index contributed by atoms with van der Waals surface area (Å²) in [5.41, 5.74) is 3.13. The molecule has 2 aromatic rings. The number of amides is 1. The van der Waals surface area contributed by atoms with E-state index in [0.717, 1.165) is 24.4 Å². The van der Waals surface area contributed by atoms with Crippen molar-refractivity contribution in [3.8, 4) is 0 Å². The average Bonchev–Trinajstić information content (AvgIpc) is 2.71. The lowest BCUT2D eigenvalue weighted by atomic mass is 10.1. The van der Waals surface area contributed by atoms with Gasteiger partial charge >= 0.3 is 0 Å². The quantitative estimate of drug-likeness (QED) is 0.497. The van der Waals surface area contributed by atoms with Crippen LogP contribution in [0.15, 0.2) is 59.6 Å². The number of aryl methyl sites for hydroxylation is 1. The predicted molar refractivity (Wildman–Crippen MR) is 112 cm³/mol. The van der Waals surface area contributed by atoms with Crippen LogP contribution >= 0.6 is 0 Å². The van der Waals surface area contributed by atoms with Crippen molar-refractivity contribution < 1.29 is 4.79 Å². The number of nitrogens with zero attached hydrogens (tertiary/aromatic N) is 1. The monoisotopic (exact) mass is 366 g/mol. The Hall–Kier alpha value is -2.82. The van der Waals surface area contributed by atoms with E-state index < -0.39 is 0 Å². The minimum atomic E-state index is -0.0401. The summed E-state index contributed by atoms with van der Waals surface area (Å²) in [7, 11) is 1.78. The Balaban J connectivity index is 1.78. The first kappa shape index (κ1) is 20.5. The van der Waals surface area contributed by atoms with E-state index in [1.54, 1.807) is 7.05 Å². The van der Waals surface area contributed by atoms with Gasteiger partial charge in [0.2, 0.25) is 0 Å². The second kappa shape index (κ2) is 11.0. The van der Waals surface area contributed by atoms with Crippen LogP contribution in [0.2, 0.25) is 0 Å². The molecular formula is C22H30N4O. The summed E-state index contributed by atoms with van der Waals surface area (Å²) in [5, 5.41) is 9.56. The molecule has 0 radical (unpaired) electrons. The number of nitrogens with one attached hydrogen (secondary N) is 3. The Labute approximate surface area is 162 Å². The number of carbonyl (C=O) groups excluding carboxylic acids is 1. The zero-order chi connectivity index (χ0) is 19.5. The molecule has 2 rings (SSSR count). The first-order valence-electron chi connectivity index (χ1n) is 9.50. The highest BCUT2D eigenvalue weighted by molar-refractivity contribution is 5.94. The number of aliphatic imine (C=N–C) groups is 1. The minimum absolute atomic E-state index is 0.0401. The molecule has 0 aromatic heterocycles. The van der Waals surface area contributed by atoms with Crippen LogP contribution in [0.25, 0.3) is 0 Å². The molecule has 0 aliphatic rings. The molecule has 0 fully saturated rings. The highest BCUT2D eigenvalue weighted by Crippen LogP contribution is 2.06. The molecule has 5 nitrogen and oxygen atoms in total. The van der Waals surface area contributed by atoms with E-state index in [9.17, 15) is 4.79 Å². The second-order valence-electron chi connectivity index (χ2n) is 6.55. The standard InChI is InChI=1S/C22H30N4O/c1-4-24-21(27)20-14-12-19(13-15-20)16-25-22(23-3)26-17(2)10-11-18-8-6-5-7-9-18/h5-9,12-15,17H,4,10-11,16H2,1-3H3,(H,24,27)(H2,23,25,26). The number of carbonyl (C=O) groups is 1. The molecule has 0 heterocycles. The largest absolute Gasteiger partial charge is 0.354 e. The van der Waals surface area contributed by atoms with E-state index in [2.05, 4.69) is 52.1 Å². The van der Waals surface area contributed by atoms with Crippen molar-refractivity contribution in [1.29, 1.82) is 0 Å². The van der Waals surface area contributed by atoms with E-state index >= 15 is 0 Å². The summed E-state index contributed by atoms with van der Waals surface area (Å²) in [6.07, 6.45) is 2.07. The Morgan fingerprint density at radius 1 is 1.00 bits per heavy atom. The first-order chi connectivity index (χ1) is 13.1. The van der Waals surface area contributed by atoms with Gasteiger partial charge in [-0.1, -0.05) is 42.5 Å². The van der Waals surface area contributed by atoms with Crippen LogP contribution in [0, 0.1) is 0 Å². The zero-order valence-corrected chi connectivity index (χ0v) is 16.5. The minimum Gasteiger partial charge on any atom is -0.354 e. The smallest absolute Gasteiger partial charge is 0.251 e. The fourth-order valence-corrected chi connectivity index (χ4v) is 2.75. The lowest BCUT2D eigenvalue weighted by molar-refractivity contribution is 0.0956. The SMILES string of the molecule is CCNC(=O)c1ccc(CNC(=NC)NC(C)CCc2ccccc2)cc1. The van der Waals surface area contributed by atoms with Gasteiger partial charge in [-0.15, -0.1) is 0 Å². The summed E-state index contributed by atoms with van der Waals surface area (Å²) in [6, 6.07) is 18.4. The van der Waals surface area contributed by atoms with Crippen molar-refractivity contribution in [3.63, 3.8) is 0 Å². The van der Waals surface area contributed by atoms with Crippen molar-refractivity contribution >= 4 is 11.9 Å². The molecule has 144 valence electrons. The second-order valence-corrected chi connectivity index (χ2v) is 6.55. The third-order valence-corrected chi connectivity index (χ3v) is 4.33. The molecule has 0 aliphatic heterocycles. The van der Waals surface area contributed by atoms with Crippen molar-refractivity contribution in [3.05, 3.63) is 71.3 Å². The maximum Gasteiger partial charge on any atom is 0.251 e. The summed E-state index contributed by atoms with van der Waals surface area (Å²) >= 11 is 0. The fourth-order valence-electron chi connectivity index (χ4n) is 2.75. The highest BCUT2D eigenvalue weighted by atomic mass is 16.1. The lowest BCUT2D eigenvalue weighted by Crippen LogP contribution is -2.42. The van der Waals surface area contributed by atoms with Gasteiger partial charge in [0, 0.05) is 31.7 Å². The maximum atomic E-state index is 11.8. The van der Waals surface area contributed by atoms with Crippen LogP contribution < -0.4 is 16.0 Å². The zero-order valence-electron chi connectivity index (χ0n) is 16.5. The van der Waals surface area contributed by atoms with Crippen molar-refractivity contribution in [2.45, 2.75) is 39.3 Å². The Bertz CT molecular complexity index is 726. The molecule has 0 saturated carbocycles. The number of benzene rings is 2. The average molecular weight is 367 g/mol. The number of hydrogen-bond donors (Lipinski definition) is 3. The molecule has 3 N–H and O–H groups in total. The third kappa shape index (κ3) is 7.13. The molecule has 1 atom stereocenters. The van der Waals surface area contributed by atoms with Crippen LogP contribution in [0.1, 0.15) is 41.8 Å². The third-order valence-electron chi connectivity index (χ3n) is 4.33. The van der Waals surface area contributed by atoms with Crippen molar-refractivity contribution in [2.24, 2.45) is 4.99 Å². The van der Waals surface area contributed by atoms with Gasteiger partial charge in [-0.05, 0) is 49.9 Å². The number of hydrogen-bond acceptors (Lipinski definition) is 2. The fraction of sp³-hybridized carbons (Fsp3) is 0.364. The van der Waals surface area contributed by atoms with Crippen LogP contribution in [0.4, 0.5) is 0 Å². The van der Waals surface area contributed by atoms with E-state index in [1.165, 1.54) is 5.56 Å². The van der Waals surface area contributed by atoms with Gasteiger partial charge in [0.25, 0.3) is 5.91 Å². The van der Waals surface area contributed by atoms with Gasteiger partial charge in [0.05, 0.1) is 0 Å². The van der Waals surface area contributed by atoms with Crippen LogP contribution in [0.5, 0.6) is 0 Å². The van der Waals surface area contributed by atoms with Gasteiger partial charge < -0.3 is 16.0 Å². The normalized spacial score (nSPS) is 12.3. The summed E-state index contributed by atoms with van der Waals surface area (Å²) in [5.74, 6) is 0.741. The molecule has 0 spiro atoms.